The minimum atomic E-state index is 0.578. The van der Waals surface area contributed by atoms with E-state index < -0.39 is 0 Å². The fourth-order valence-electron chi connectivity index (χ4n) is 4.93. The Morgan fingerprint density at radius 2 is 1.80 bits per heavy atom. The highest BCUT2D eigenvalue weighted by Crippen LogP contribution is 2.38. The highest BCUT2D eigenvalue weighted by Gasteiger charge is 2.26. The van der Waals surface area contributed by atoms with Gasteiger partial charge in [-0.05, 0) is 30.9 Å². The van der Waals surface area contributed by atoms with Gasteiger partial charge in [0, 0.05) is 31.6 Å². The van der Waals surface area contributed by atoms with Gasteiger partial charge in [-0.2, -0.15) is 0 Å². The largest absolute Gasteiger partial charge is 0.493 e. The Balaban J connectivity index is 1.32. The molecule has 1 N–H and O–H groups in total. The predicted molar refractivity (Wildman–Crippen MR) is 118 cm³/mol. The molecule has 2 aliphatic heterocycles. The molecule has 1 aliphatic carbocycles. The van der Waals surface area contributed by atoms with Crippen LogP contribution in [0.15, 0.2) is 23.3 Å². The van der Waals surface area contributed by atoms with Gasteiger partial charge >= 0.3 is 0 Å². The number of fused-ring (bicyclic) bond motifs is 2. The van der Waals surface area contributed by atoms with Crippen molar-refractivity contribution in [1.82, 2.24) is 14.5 Å². The molecule has 3 heterocycles. The lowest BCUT2D eigenvalue weighted by molar-refractivity contribution is 0.330. The van der Waals surface area contributed by atoms with Gasteiger partial charge in [-0.1, -0.05) is 19.3 Å². The first-order valence-electron chi connectivity index (χ1n) is 11.1. The topological polar surface area (TPSA) is 63.9 Å². The maximum absolute atomic E-state index is 5.47. The zero-order valence-electron chi connectivity index (χ0n) is 18.0. The van der Waals surface area contributed by atoms with E-state index >= 15 is 0 Å². The molecule has 7 heteroatoms. The van der Waals surface area contributed by atoms with Gasteiger partial charge in [0.05, 0.1) is 38.3 Å². The summed E-state index contributed by atoms with van der Waals surface area (Å²) in [4.78, 5) is 12.1. The smallest absolute Gasteiger partial charge is 0.203 e. The molecule has 0 unspecified atom stereocenters. The van der Waals surface area contributed by atoms with Crippen LogP contribution in [0.5, 0.6) is 11.5 Å². The Morgan fingerprint density at radius 1 is 1.00 bits per heavy atom. The zero-order valence-corrected chi connectivity index (χ0v) is 18.0. The lowest BCUT2D eigenvalue weighted by Gasteiger charge is -2.33. The van der Waals surface area contributed by atoms with E-state index in [-0.39, 0.29) is 0 Å². The molecular formula is C23H31N5O2. The normalized spacial score (nSPS) is 19.0. The van der Waals surface area contributed by atoms with E-state index in [2.05, 4.69) is 20.9 Å². The molecule has 160 valence electrons. The zero-order chi connectivity index (χ0) is 20.5. The van der Waals surface area contributed by atoms with E-state index in [0.29, 0.717) is 6.04 Å². The number of aromatic nitrogens is 2. The summed E-state index contributed by atoms with van der Waals surface area (Å²) >= 11 is 0. The molecule has 0 bridgehead atoms. The fourth-order valence-corrected chi connectivity index (χ4v) is 4.93. The number of nitrogens with one attached hydrogen (secondary N) is 1. The maximum atomic E-state index is 5.47. The summed E-state index contributed by atoms with van der Waals surface area (Å²) in [5.41, 5.74) is 3.48. The summed E-state index contributed by atoms with van der Waals surface area (Å²) in [6.45, 7) is 2.77. The van der Waals surface area contributed by atoms with Crippen molar-refractivity contribution in [2.45, 2.75) is 64.1 Å². The van der Waals surface area contributed by atoms with Gasteiger partial charge in [-0.15, -0.1) is 0 Å². The van der Waals surface area contributed by atoms with Crippen molar-refractivity contribution < 1.29 is 9.47 Å². The van der Waals surface area contributed by atoms with Gasteiger partial charge in [0.2, 0.25) is 5.95 Å². The number of rotatable bonds is 4. The molecule has 0 saturated heterocycles. The first kappa shape index (κ1) is 19.3. The van der Waals surface area contributed by atoms with E-state index in [1.807, 2.05) is 12.3 Å². The van der Waals surface area contributed by atoms with Crippen LogP contribution in [0.3, 0.4) is 0 Å². The number of benzene rings is 1. The minimum Gasteiger partial charge on any atom is -0.493 e. The number of methoxy groups -OCH3 is 2. The summed E-state index contributed by atoms with van der Waals surface area (Å²) in [5, 5.41) is 3.70. The second-order valence-corrected chi connectivity index (χ2v) is 8.49. The third-order valence-electron chi connectivity index (χ3n) is 6.64. The Hall–Kier alpha value is -2.70. The van der Waals surface area contributed by atoms with Crippen LogP contribution in [0.4, 0.5) is 11.6 Å². The molecule has 0 amide bonds. The van der Waals surface area contributed by atoms with Crippen LogP contribution in [0.25, 0.3) is 0 Å². The second kappa shape index (κ2) is 8.20. The average Bonchev–Trinajstić information content (AvgIpc) is 3.20. The van der Waals surface area contributed by atoms with Crippen molar-refractivity contribution in [3.05, 3.63) is 29.6 Å². The summed E-state index contributed by atoms with van der Waals surface area (Å²) in [6, 6.07) is 4.63. The van der Waals surface area contributed by atoms with Gasteiger partial charge in [0.25, 0.3) is 0 Å². The van der Waals surface area contributed by atoms with Crippen LogP contribution >= 0.6 is 0 Å². The van der Waals surface area contributed by atoms with Crippen molar-refractivity contribution in [3.8, 4) is 11.5 Å². The van der Waals surface area contributed by atoms with Crippen LogP contribution in [-0.4, -0.2) is 47.1 Å². The number of hydrogen-bond donors (Lipinski definition) is 1. The van der Waals surface area contributed by atoms with Crippen molar-refractivity contribution in [2.75, 3.05) is 26.1 Å². The SMILES string of the molecule is COc1cc2c(cc1OC)N=C(N1CCn3c(cnc3NC3CCCCC3)C1)CC2. The second-order valence-electron chi connectivity index (χ2n) is 8.49. The number of anilines is 1. The van der Waals surface area contributed by atoms with Gasteiger partial charge in [-0.25, -0.2) is 9.98 Å². The molecule has 2 aromatic rings. The van der Waals surface area contributed by atoms with E-state index in [4.69, 9.17) is 19.5 Å². The van der Waals surface area contributed by atoms with Crippen LogP contribution in [0.2, 0.25) is 0 Å². The quantitative estimate of drug-likeness (QED) is 0.822. The molecule has 0 atom stereocenters. The Morgan fingerprint density at radius 3 is 2.60 bits per heavy atom. The van der Waals surface area contributed by atoms with E-state index in [1.54, 1.807) is 14.2 Å². The Bertz CT molecular complexity index is 945. The summed E-state index contributed by atoms with van der Waals surface area (Å²) in [6.07, 6.45) is 10.5. The lowest BCUT2D eigenvalue weighted by Crippen LogP contribution is -2.39. The van der Waals surface area contributed by atoms with E-state index in [9.17, 15) is 0 Å². The van der Waals surface area contributed by atoms with Crippen LogP contribution in [-0.2, 0) is 19.5 Å². The van der Waals surface area contributed by atoms with Crippen LogP contribution in [0.1, 0.15) is 49.8 Å². The van der Waals surface area contributed by atoms with Crippen LogP contribution in [0, 0.1) is 0 Å². The minimum absolute atomic E-state index is 0.578. The molecule has 3 aliphatic rings. The molecule has 1 saturated carbocycles. The fraction of sp³-hybridized carbons (Fsp3) is 0.565. The number of ether oxygens (including phenoxy) is 2. The van der Waals surface area contributed by atoms with Crippen LogP contribution < -0.4 is 14.8 Å². The number of hydrogen-bond acceptors (Lipinski definition) is 6. The average molecular weight is 410 g/mol. The number of imidazole rings is 1. The van der Waals surface area contributed by atoms with Gasteiger partial charge < -0.3 is 24.3 Å². The lowest BCUT2D eigenvalue weighted by atomic mass is 9.96. The van der Waals surface area contributed by atoms with Gasteiger partial charge in [0.15, 0.2) is 11.5 Å². The summed E-state index contributed by atoms with van der Waals surface area (Å²) in [7, 11) is 3.35. The molecule has 0 spiro atoms. The number of aryl methyl sites for hydroxylation is 1. The first-order chi connectivity index (χ1) is 14.7. The molecule has 30 heavy (non-hydrogen) atoms. The van der Waals surface area contributed by atoms with Crippen molar-refractivity contribution in [1.29, 1.82) is 0 Å². The maximum Gasteiger partial charge on any atom is 0.203 e. The molecule has 1 aromatic heterocycles. The highest BCUT2D eigenvalue weighted by atomic mass is 16.5. The molecule has 0 radical (unpaired) electrons. The third-order valence-corrected chi connectivity index (χ3v) is 6.64. The van der Waals surface area contributed by atoms with Gasteiger partial charge in [0.1, 0.15) is 5.84 Å². The number of amidine groups is 1. The Labute approximate surface area is 178 Å². The van der Waals surface area contributed by atoms with E-state index in [0.717, 1.165) is 61.4 Å². The first-order valence-corrected chi connectivity index (χ1v) is 11.1. The molecular weight excluding hydrogens is 378 g/mol. The molecule has 5 rings (SSSR count). The number of nitrogens with zero attached hydrogens (tertiary/aromatic N) is 4. The Kier molecular flexibility index (Phi) is 5.27. The monoisotopic (exact) mass is 409 g/mol. The third kappa shape index (κ3) is 3.61. The highest BCUT2D eigenvalue weighted by molar-refractivity contribution is 5.88. The van der Waals surface area contributed by atoms with Crippen molar-refractivity contribution in [3.63, 3.8) is 0 Å². The standard InChI is InChI=1S/C23H31N5O2/c1-29-20-12-16-8-9-22(26-19(16)13-21(20)30-2)27-10-11-28-18(15-27)14-24-23(28)25-17-6-4-3-5-7-17/h12-14,17H,3-11,15H2,1-2H3,(H,24,25). The molecule has 1 fully saturated rings. The van der Waals surface area contributed by atoms with Crippen molar-refractivity contribution in [2.24, 2.45) is 4.99 Å². The summed E-state index contributed by atoms with van der Waals surface area (Å²) < 4.78 is 13.3. The van der Waals surface area contributed by atoms with Crippen molar-refractivity contribution >= 4 is 17.5 Å². The predicted octanol–water partition coefficient (Wildman–Crippen LogP) is 4.14. The summed E-state index contributed by atoms with van der Waals surface area (Å²) in [5.74, 6) is 3.71. The molecule has 7 nitrogen and oxygen atoms in total. The van der Waals surface area contributed by atoms with Gasteiger partial charge in [-0.3, -0.25) is 0 Å². The molecule has 1 aromatic carbocycles. The van der Waals surface area contributed by atoms with E-state index in [1.165, 1.54) is 43.4 Å². The number of aliphatic imine (C=N–C) groups is 1.